The third kappa shape index (κ3) is 2.04. The molecule has 0 radical (unpaired) electrons. The van der Waals surface area contributed by atoms with Gasteiger partial charge in [0.25, 0.3) is 0 Å². The highest BCUT2D eigenvalue weighted by molar-refractivity contribution is 7.48. The van der Waals surface area contributed by atoms with Crippen molar-refractivity contribution in [2.45, 2.75) is 0 Å². The van der Waals surface area contributed by atoms with Crippen LogP contribution in [0.5, 0.6) is 0 Å². The van der Waals surface area contributed by atoms with E-state index in [1.165, 1.54) is 11.3 Å². The molecule has 0 atom stereocenters. The van der Waals surface area contributed by atoms with Crippen molar-refractivity contribution in [1.29, 1.82) is 0 Å². The van der Waals surface area contributed by atoms with E-state index in [1.54, 1.807) is 6.07 Å². The molecule has 0 spiro atoms. The fraction of sp³-hybridized carbons (Fsp3) is 0. The van der Waals surface area contributed by atoms with E-state index in [0.717, 1.165) is 9.11 Å². The summed E-state index contributed by atoms with van der Waals surface area (Å²) in [6.07, 6.45) is 0. The zero-order chi connectivity index (χ0) is 6.85. The average Bonchev–Trinajstić information content (AvgIpc) is 2.14. The van der Waals surface area contributed by atoms with Gasteiger partial charge in [-0.3, -0.25) is 0 Å². The minimum Gasteiger partial charge on any atom is -0.164 e. The highest BCUT2D eigenvalue weighted by Crippen LogP contribution is 2.15. The van der Waals surface area contributed by atoms with Crippen LogP contribution in [-0.4, -0.2) is 5.54 Å². The van der Waals surface area contributed by atoms with Gasteiger partial charge in [0, 0.05) is 4.78 Å². The largest absolute Gasteiger partial charge is 0.392 e. The molecule has 0 saturated carbocycles. The van der Waals surface area contributed by atoms with Crippen molar-refractivity contribution >= 4 is 56.2 Å². The van der Waals surface area contributed by atoms with Crippen LogP contribution < -0.4 is 4.78 Å². The fourth-order valence-electron chi connectivity index (χ4n) is 0.446. The Kier molecular flexibility index (Phi) is 2.71. The minimum atomic E-state index is -0.442. The van der Waals surface area contributed by atoms with Crippen LogP contribution in [0, 0.1) is 0 Å². The molecule has 1 aromatic heterocycles. The molecule has 0 aliphatic rings. The Balaban J connectivity index is 2.85. The molecule has 1 aromatic rings. The quantitative estimate of drug-likeness (QED) is 0.610. The van der Waals surface area contributed by atoms with Crippen LogP contribution in [0.1, 0.15) is 0 Å². The molecule has 9 heavy (non-hydrogen) atoms. The van der Waals surface area contributed by atoms with Crippen molar-refractivity contribution in [3.05, 3.63) is 16.5 Å². The Labute approximate surface area is 72.6 Å². The molecule has 0 amide bonds. The van der Waals surface area contributed by atoms with Crippen molar-refractivity contribution in [2.24, 2.45) is 0 Å². The van der Waals surface area contributed by atoms with Gasteiger partial charge in [-0.1, -0.05) is 17.7 Å². The number of hydrogen-bond donors (Lipinski definition) is 0. The maximum Gasteiger partial charge on any atom is 0.392 e. The van der Waals surface area contributed by atoms with E-state index in [1.807, 2.05) is 6.07 Å². The lowest BCUT2D eigenvalue weighted by atomic mass is 10.1. The normalized spacial score (nSPS) is 9.67. The summed E-state index contributed by atoms with van der Waals surface area (Å²) in [5.41, 5.74) is -0.442. The van der Waals surface area contributed by atoms with E-state index in [-0.39, 0.29) is 0 Å². The standard InChI is InChI=1S/C4H2BCl3S/c6-4-2-1-3(9-4)5(7)8/h1-2H. The van der Waals surface area contributed by atoms with Gasteiger partial charge in [0.2, 0.25) is 0 Å². The molecule has 0 nitrogen and oxygen atoms in total. The SMILES string of the molecule is ClB(Cl)c1ccc(Cl)s1. The van der Waals surface area contributed by atoms with Crippen molar-refractivity contribution in [1.82, 2.24) is 0 Å². The first-order chi connectivity index (χ1) is 4.20. The monoisotopic (exact) mass is 198 g/mol. The molecule has 0 unspecified atom stereocenters. The highest BCUT2D eigenvalue weighted by atomic mass is 35.5. The first-order valence-electron chi connectivity index (χ1n) is 2.23. The van der Waals surface area contributed by atoms with E-state index in [9.17, 15) is 0 Å². The van der Waals surface area contributed by atoms with Crippen LogP contribution in [0.15, 0.2) is 12.1 Å². The van der Waals surface area contributed by atoms with E-state index in [0.29, 0.717) is 0 Å². The molecular weight excluding hydrogens is 197 g/mol. The molecule has 0 aliphatic heterocycles. The Morgan fingerprint density at radius 1 is 1.33 bits per heavy atom. The molecule has 0 aliphatic carbocycles. The van der Waals surface area contributed by atoms with Crippen LogP contribution in [0.2, 0.25) is 4.34 Å². The number of halogens is 3. The van der Waals surface area contributed by atoms with Crippen molar-refractivity contribution < 1.29 is 0 Å². The Hall–Kier alpha value is 0.635. The average molecular weight is 199 g/mol. The number of thiophene rings is 1. The van der Waals surface area contributed by atoms with E-state index >= 15 is 0 Å². The summed E-state index contributed by atoms with van der Waals surface area (Å²) in [4.78, 5) is 0. The zero-order valence-corrected chi connectivity index (χ0v) is 7.36. The molecule has 5 heteroatoms. The smallest absolute Gasteiger partial charge is 0.164 e. The summed E-state index contributed by atoms with van der Waals surface area (Å²) in [5.74, 6) is 0. The number of hydrogen-bond acceptors (Lipinski definition) is 1. The molecule has 48 valence electrons. The summed E-state index contributed by atoms with van der Waals surface area (Å²) >= 11 is 18.1. The second kappa shape index (κ2) is 3.15. The Morgan fingerprint density at radius 3 is 2.22 bits per heavy atom. The van der Waals surface area contributed by atoms with Gasteiger partial charge in [-0.25, -0.2) is 0 Å². The second-order valence-corrected chi connectivity index (χ2v) is 4.29. The van der Waals surface area contributed by atoms with Crippen LogP contribution >= 0.6 is 45.9 Å². The van der Waals surface area contributed by atoms with E-state index in [4.69, 9.17) is 34.5 Å². The lowest BCUT2D eigenvalue weighted by Gasteiger charge is -1.85. The topological polar surface area (TPSA) is 0 Å². The van der Waals surface area contributed by atoms with Crippen LogP contribution in [0.25, 0.3) is 0 Å². The maximum atomic E-state index is 5.61. The van der Waals surface area contributed by atoms with Crippen molar-refractivity contribution in [2.75, 3.05) is 0 Å². The molecule has 0 saturated heterocycles. The van der Waals surface area contributed by atoms with Crippen LogP contribution in [-0.2, 0) is 0 Å². The predicted octanol–water partition coefficient (Wildman–Crippen LogP) is 2.57. The van der Waals surface area contributed by atoms with Crippen molar-refractivity contribution in [3.63, 3.8) is 0 Å². The fourth-order valence-corrected chi connectivity index (χ4v) is 1.77. The van der Waals surface area contributed by atoms with Gasteiger partial charge in [-0.2, -0.15) is 22.9 Å². The molecule has 1 heterocycles. The Morgan fingerprint density at radius 2 is 2.00 bits per heavy atom. The van der Waals surface area contributed by atoms with Gasteiger partial charge >= 0.3 is 5.54 Å². The molecule has 1 rings (SSSR count). The molecular formula is C4H2BCl3S. The van der Waals surface area contributed by atoms with Gasteiger partial charge in [0.1, 0.15) is 0 Å². The lowest BCUT2D eigenvalue weighted by Crippen LogP contribution is -2.11. The van der Waals surface area contributed by atoms with Crippen molar-refractivity contribution in [3.8, 4) is 0 Å². The van der Waals surface area contributed by atoms with Gasteiger partial charge in [0.15, 0.2) is 0 Å². The summed E-state index contributed by atoms with van der Waals surface area (Å²) in [6, 6.07) is 3.59. The summed E-state index contributed by atoms with van der Waals surface area (Å²) < 4.78 is 1.61. The number of rotatable bonds is 1. The maximum absolute atomic E-state index is 5.61. The first-order valence-corrected chi connectivity index (χ1v) is 4.30. The third-order valence-corrected chi connectivity index (χ3v) is 2.83. The first kappa shape index (κ1) is 7.74. The zero-order valence-electron chi connectivity index (χ0n) is 4.27. The summed E-state index contributed by atoms with van der Waals surface area (Å²) in [5, 5.41) is 0. The van der Waals surface area contributed by atoms with Crippen LogP contribution in [0.4, 0.5) is 0 Å². The second-order valence-electron chi connectivity index (χ2n) is 1.44. The minimum absolute atomic E-state index is 0.442. The summed E-state index contributed by atoms with van der Waals surface area (Å²) in [7, 11) is 0. The molecule has 0 fully saturated rings. The lowest BCUT2D eigenvalue weighted by molar-refractivity contribution is 2.06. The van der Waals surface area contributed by atoms with Gasteiger partial charge in [-0.05, 0) is 6.07 Å². The molecule has 0 aromatic carbocycles. The molecule has 0 bridgehead atoms. The highest BCUT2D eigenvalue weighted by Gasteiger charge is 2.10. The summed E-state index contributed by atoms with van der Waals surface area (Å²) in [6.45, 7) is 0. The third-order valence-electron chi connectivity index (χ3n) is 0.809. The predicted molar refractivity (Wildman–Crippen MR) is 46.4 cm³/mol. The van der Waals surface area contributed by atoms with Gasteiger partial charge in [-0.15, -0.1) is 11.3 Å². The molecule has 0 N–H and O–H groups in total. The van der Waals surface area contributed by atoms with Gasteiger partial charge < -0.3 is 0 Å². The van der Waals surface area contributed by atoms with Gasteiger partial charge in [0.05, 0.1) is 4.34 Å². The Bertz CT molecular complexity index is 197. The van der Waals surface area contributed by atoms with Crippen LogP contribution in [0.3, 0.4) is 0 Å². The van der Waals surface area contributed by atoms with E-state index in [2.05, 4.69) is 0 Å². The van der Waals surface area contributed by atoms with E-state index < -0.39 is 5.54 Å².